The molecule has 96 valence electrons. The van der Waals surface area contributed by atoms with Crippen molar-refractivity contribution in [3.63, 3.8) is 0 Å². The van der Waals surface area contributed by atoms with Gasteiger partial charge in [0, 0.05) is 9.50 Å². The van der Waals surface area contributed by atoms with Crippen molar-refractivity contribution < 1.29 is 4.42 Å². The average molecular weight is 330 g/mol. The molecule has 0 fully saturated rings. The quantitative estimate of drug-likeness (QED) is 0.663. The van der Waals surface area contributed by atoms with Gasteiger partial charge in [0.15, 0.2) is 0 Å². The van der Waals surface area contributed by atoms with Gasteiger partial charge in [-0.2, -0.15) is 0 Å². The van der Waals surface area contributed by atoms with Crippen molar-refractivity contribution in [2.75, 3.05) is 0 Å². The minimum atomic E-state index is -0.0858. The first-order valence-electron chi connectivity index (χ1n) is 5.56. The van der Waals surface area contributed by atoms with E-state index in [0.717, 1.165) is 21.6 Å². The molecule has 1 atom stereocenters. The lowest BCUT2D eigenvalue weighted by Gasteiger charge is -2.14. The van der Waals surface area contributed by atoms with Crippen molar-refractivity contribution in [3.05, 3.63) is 56.9 Å². The molecule has 0 aliphatic carbocycles. The molecule has 0 radical (unpaired) electrons. The van der Waals surface area contributed by atoms with E-state index in [1.807, 2.05) is 37.3 Å². The molecule has 18 heavy (non-hydrogen) atoms. The molecule has 0 aliphatic rings. The molecule has 3 N–H and O–H groups in total. The van der Waals surface area contributed by atoms with Gasteiger partial charge in [-0.15, -0.1) is 0 Å². The summed E-state index contributed by atoms with van der Waals surface area (Å²) >= 11 is 9.58. The van der Waals surface area contributed by atoms with Gasteiger partial charge in [-0.25, -0.2) is 5.43 Å². The fourth-order valence-corrected chi connectivity index (χ4v) is 2.54. The van der Waals surface area contributed by atoms with Crippen LogP contribution in [-0.4, -0.2) is 0 Å². The fraction of sp³-hybridized carbons (Fsp3) is 0.231. The Morgan fingerprint density at radius 2 is 2.17 bits per heavy atom. The number of aryl methyl sites for hydroxylation is 1. The highest BCUT2D eigenvalue weighted by Gasteiger charge is 2.15. The molecular weight excluding hydrogens is 316 g/mol. The fourth-order valence-electron chi connectivity index (χ4n) is 1.79. The summed E-state index contributed by atoms with van der Waals surface area (Å²) in [5, 5.41) is 0.716. The monoisotopic (exact) mass is 328 g/mol. The van der Waals surface area contributed by atoms with Crippen LogP contribution in [0.25, 0.3) is 0 Å². The van der Waals surface area contributed by atoms with Gasteiger partial charge in [0.2, 0.25) is 0 Å². The maximum atomic E-state index is 6.19. The Morgan fingerprint density at radius 1 is 1.39 bits per heavy atom. The van der Waals surface area contributed by atoms with E-state index >= 15 is 0 Å². The van der Waals surface area contributed by atoms with Gasteiger partial charge in [-0.1, -0.05) is 33.6 Å². The number of nitrogens with one attached hydrogen (secondary N) is 1. The number of halogens is 2. The van der Waals surface area contributed by atoms with Crippen LogP contribution in [0.2, 0.25) is 5.02 Å². The summed E-state index contributed by atoms with van der Waals surface area (Å²) in [7, 11) is 0. The van der Waals surface area contributed by atoms with E-state index in [9.17, 15) is 0 Å². The van der Waals surface area contributed by atoms with E-state index in [-0.39, 0.29) is 6.04 Å². The molecule has 0 spiro atoms. The first kappa shape index (κ1) is 13.6. The molecule has 0 aliphatic heterocycles. The van der Waals surface area contributed by atoms with Crippen LogP contribution in [0.1, 0.15) is 23.1 Å². The Labute approximate surface area is 119 Å². The molecule has 1 heterocycles. The van der Waals surface area contributed by atoms with E-state index < -0.39 is 0 Å². The summed E-state index contributed by atoms with van der Waals surface area (Å²) in [4.78, 5) is 0. The molecule has 5 heteroatoms. The Balaban J connectivity index is 2.20. The number of benzene rings is 1. The van der Waals surface area contributed by atoms with Gasteiger partial charge in [0.05, 0.1) is 6.04 Å². The van der Waals surface area contributed by atoms with Crippen molar-refractivity contribution >= 4 is 27.5 Å². The summed E-state index contributed by atoms with van der Waals surface area (Å²) < 4.78 is 6.54. The smallest absolute Gasteiger partial charge is 0.122 e. The van der Waals surface area contributed by atoms with Crippen LogP contribution in [0.4, 0.5) is 0 Å². The predicted molar refractivity (Wildman–Crippen MR) is 76.4 cm³/mol. The minimum absolute atomic E-state index is 0.0858. The summed E-state index contributed by atoms with van der Waals surface area (Å²) in [6.45, 7) is 1.91. The van der Waals surface area contributed by atoms with E-state index in [1.54, 1.807) is 0 Å². The summed E-state index contributed by atoms with van der Waals surface area (Å²) in [6.07, 6.45) is 0.676. The van der Waals surface area contributed by atoms with E-state index in [4.69, 9.17) is 21.9 Å². The molecule has 1 aromatic carbocycles. The molecule has 1 aromatic heterocycles. The number of hydrogen-bond acceptors (Lipinski definition) is 3. The van der Waals surface area contributed by atoms with Crippen molar-refractivity contribution in [2.24, 2.45) is 5.84 Å². The molecule has 2 rings (SSSR count). The van der Waals surface area contributed by atoms with Crippen LogP contribution in [-0.2, 0) is 6.42 Å². The Hall–Kier alpha value is -0.810. The second-order valence-corrected chi connectivity index (χ2v) is 5.43. The molecule has 0 saturated heterocycles. The van der Waals surface area contributed by atoms with Crippen molar-refractivity contribution in [3.8, 4) is 0 Å². The van der Waals surface area contributed by atoms with Gasteiger partial charge in [0.1, 0.15) is 11.5 Å². The first-order chi connectivity index (χ1) is 8.60. The minimum Gasteiger partial charge on any atom is -0.465 e. The van der Waals surface area contributed by atoms with E-state index in [0.29, 0.717) is 11.4 Å². The summed E-state index contributed by atoms with van der Waals surface area (Å²) in [6, 6.07) is 9.57. The second kappa shape index (κ2) is 5.89. The molecule has 0 amide bonds. The Bertz CT molecular complexity index is 542. The largest absolute Gasteiger partial charge is 0.465 e. The lowest BCUT2D eigenvalue weighted by atomic mass is 10.0. The molecule has 3 nitrogen and oxygen atoms in total. The first-order valence-corrected chi connectivity index (χ1v) is 6.73. The highest BCUT2D eigenvalue weighted by Crippen LogP contribution is 2.26. The number of hydrazine groups is 1. The number of nitrogens with two attached hydrogens (primary N) is 1. The highest BCUT2D eigenvalue weighted by atomic mass is 79.9. The predicted octanol–water partition coefficient (Wildman–Crippen LogP) is 3.75. The van der Waals surface area contributed by atoms with Gasteiger partial charge in [-0.05, 0) is 43.2 Å². The number of hydrogen-bond donors (Lipinski definition) is 2. The lowest BCUT2D eigenvalue weighted by Crippen LogP contribution is -2.29. The third-order valence-electron chi connectivity index (χ3n) is 2.74. The van der Waals surface area contributed by atoms with E-state index in [2.05, 4.69) is 21.4 Å². The zero-order valence-electron chi connectivity index (χ0n) is 9.91. The van der Waals surface area contributed by atoms with Gasteiger partial charge < -0.3 is 4.42 Å². The highest BCUT2D eigenvalue weighted by molar-refractivity contribution is 9.10. The van der Waals surface area contributed by atoms with Crippen LogP contribution in [0.5, 0.6) is 0 Å². The van der Waals surface area contributed by atoms with Gasteiger partial charge in [0.25, 0.3) is 0 Å². The summed E-state index contributed by atoms with van der Waals surface area (Å²) in [5.41, 5.74) is 3.78. The topological polar surface area (TPSA) is 51.2 Å². The number of rotatable bonds is 4. The van der Waals surface area contributed by atoms with Gasteiger partial charge >= 0.3 is 0 Å². The maximum absolute atomic E-state index is 6.19. The standard InChI is InChI=1S/C13H14BrClN2O/c1-8-2-5-13(18-8)12(17-16)6-9-3-4-10(14)7-11(9)15/h2-5,7,12,17H,6,16H2,1H3. The third-order valence-corrected chi connectivity index (χ3v) is 3.59. The van der Waals surface area contributed by atoms with Crippen LogP contribution >= 0.6 is 27.5 Å². The van der Waals surface area contributed by atoms with Crippen molar-refractivity contribution in [1.29, 1.82) is 0 Å². The SMILES string of the molecule is Cc1ccc(C(Cc2ccc(Br)cc2Cl)NN)o1. The Morgan fingerprint density at radius 3 is 2.72 bits per heavy atom. The normalized spacial score (nSPS) is 12.7. The van der Waals surface area contributed by atoms with Crippen LogP contribution in [0.15, 0.2) is 39.2 Å². The van der Waals surface area contributed by atoms with Crippen LogP contribution in [0.3, 0.4) is 0 Å². The molecule has 1 unspecified atom stereocenters. The van der Waals surface area contributed by atoms with Crippen molar-refractivity contribution in [1.82, 2.24) is 5.43 Å². The van der Waals surface area contributed by atoms with Crippen molar-refractivity contribution in [2.45, 2.75) is 19.4 Å². The molecule has 2 aromatic rings. The summed E-state index contributed by atoms with van der Waals surface area (Å²) in [5.74, 6) is 7.26. The Kier molecular flexibility index (Phi) is 4.45. The lowest BCUT2D eigenvalue weighted by molar-refractivity contribution is 0.403. The zero-order valence-corrected chi connectivity index (χ0v) is 12.3. The molecular formula is C13H14BrClN2O. The zero-order chi connectivity index (χ0) is 13.1. The molecule has 0 bridgehead atoms. The second-order valence-electron chi connectivity index (χ2n) is 4.11. The third kappa shape index (κ3) is 3.14. The van der Waals surface area contributed by atoms with Gasteiger partial charge in [-0.3, -0.25) is 5.84 Å². The van der Waals surface area contributed by atoms with E-state index in [1.165, 1.54) is 0 Å². The average Bonchev–Trinajstić information content (AvgIpc) is 2.75. The van der Waals surface area contributed by atoms with Crippen LogP contribution < -0.4 is 11.3 Å². The number of furan rings is 1. The molecule has 0 saturated carbocycles. The maximum Gasteiger partial charge on any atom is 0.122 e. The van der Waals surface area contributed by atoms with Crippen LogP contribution in [0, 0.1) is 6.92 Å².